The minimum atomic E-state index is -0.606. The SMILES string of the molecule is COC(=O)[C@H]1[C@@H]2C=C[C@]3(CN(C(C)C)C(=O)[C@H]13)O2. The lowest BCUT2D eigenvalue weighted by Crippen LogP contribution is -2.40. The number of nitrogens with zero attached hydrogens (tertiary/aromatic N) is 1. The van der Waals surface area contributed by atoms with E-state index in [1.807, 2.05) is 26.0 Å². The molecular formula is C13H17NO4. The van der Waals surface area contributed by atoms with Gasteiger partial charge in [-0.3, -0.25) is 9.59 Å². The number of amides is 1. The minimum absolute atomic E-state index is 0.00671. The number of hydrogen-bond acceptors (Lipinski definition) is 4. The van der Waals surface area contributed by atoms with Crippen molar-refractivity contribution in [2.24, 2.45) is 11.8 Å². The first-order valence-corrected chi connectivity index (χ1v) is 6.25. The van der Waals surface area contributed by atoms with E-state index >= 15 is 0 Å². The molecule has 1 amide bonds. The van der Waals surface area contributed by atoms with Crippen LogP contribution >= 0.6 is 0 Å². The Hall–Kier alpha value is -1.36. The summed E-state index contributed by atoms with van der Waals surface area (Å²) in [6.07, 6.45) is 3.53. The van der Waals surface area contributed by atoms with Gasteiger partial charge in [0.25, 0.3) is 0 Å². The Kier molecular flexibility index (Phi) is 2.32. The summed E-state index contributed by atoms with van der Waals surface area (Å²) >= 11 is 0. The number of carbonyl (C=O) groups excluding carboxylic acids is 2. The van der Waals surface area contributed by atoms with E-state index in [2.05, 4.69) is 0 Å². The lowest BCUT2D eigenvalue weighted by molar-refractivity contribution is -0.151. The second kappa shape index (κ2) is 3.57. The van der Waals surface area contributed by atoms with Crippen LogP contribution in [0, 0.1) is 11.8 Å². The molecule has 0 radical (unpaired) electrons. The molecule has 0 saturated carbocycles. The zero-order chi connectivity index (χ0) is 13.1. The number of carbonyl (C=O) groups is 2. The summed E-state index contributed by atoms with van der Waals surface area (Å²) in [6.45, 7) is 4.48. The Morgan fingerprint density at radius 1 is 1.61 bits per heavy atom. The van der Waals surface area contributed by atoms with Crippen molar-refractivity contribution in [3.8, 4) is 0 Å². The van der Waals surface area contributed by atoms with Crippen LogP contribution in [0.4, 0.5) is 0 Å². The highest BCUT2D eigenvalue weighted by Gasteiger charge is 2.67. The first kappa shape index (κ1) is 11.7. The molecule has 98 valence electrons. The highest BCUT2D eigenvalue weighted by Crippen LogP contribution is 2.52. The normalized spacial score (nSPS) is 40.8. The van der Waals surface area contributed by atoms with Crippen LogP contribution in [0.3, 0.4) is 0 Å². The predicted molar refractivity (Wildman–Crippen MR) is 62.6 cm³/mol. The van der Waals surface area contributed by atoms with Gasteiger partial charge >= 0.3 is 5.97 Å². The Morgan fingerprint density at radius 2 is 2.33 bits per heavy atom. The monoisotopic (exact) mass is 251 g/mol. The van der Waals surface area contributed by atoms with Crippen LogP contribution in [0.2, 0.25) is 0 Å². The third kappa shape index (κ3) is 1.25. The molecule has 3 aliphatic heterocycles. The molecule has 0 aromatic carbocycles. The van der Waals surface area contributed by atoms with Crippen LogP contribution in [0.15, 0.2) is 12.2 Å². The van der Waals surface area contributed by atoms with Gasteiger partial charge in [0.2, 0.25) is 5.91 Å². The Morgan fingerprint density at radius 3 is 2.94 bits per heavy atom. The molecular weight excluding hydrogens is 234 g/mol. The zero-order valence-electron chi connectivity index (χ0n) is 10.8. The number of esters is 1. The molecule has 2 fully saturated rings. The van der Waals surface area contributed by atoms with Crippen molar-refractivity contribution in [3.05, 3.63) is 12.2 Å². The lowest BCUT2D eigenvalue weighted by Gasteiger charge is -2.24. The lowest BCUT2D eigenvalue weighted by atomic mass is 9.77. The van der Waals surface area contributed by atoms with Crippen molar-refractivity contribution in [2.75, 3.05) is 13.7 Å². The number of fused-ring (bicyclic) bond motifs is 1. The molecule has 3 aliphatic rings. The van der Waals surface area contributed by atoms with Crippen molar-refractivity contribution >= 4 is 11.9 Å². The van der Waals surface area contributed by atoms with E-state index in [-0.39, 0.29) is 24.0 Å². The van der Waals surface area contributed by atoms with Gasteiger partial charge in [-0.25, -0.2) is 0 Å². The van der Waals surface area contributed by atoms with Crippen molar-refractivity contribution in [2.45, 2.75) is 31.6 Å². The van der Waals surface area contributed by atoms with E-state index in [1.54, 1.807) is 4.90 Å². The van der Waals surface area contributed by atoms with Crippen molar-refractivity contribution in [1.29, 1.82) is 0 Å². The molecule has 0 aliphatic carbocycles. The number of ether oxygens (including phenoxy) is 2. The quantitative estimate of drug-likeness (QED) is 0.525. The van der Waals surface area contributed by atoms with Gasteiger partial charge in [0.05, 0.1) is 25.7 Å². The summed E-state index contributed by atoms with van der Waals surface area (Å²) in [5.74, 6) is -1.25. The zero-order valence-corrected chi connectivity index (χ0v) is 10.8. The van der Waals surface area contributed by atoms with Gasteiger partial charge in [-0.05, 0) is 13.8 Å². The standard InChI is InChI=1S/C13H17NO4/c1-7(2)14-6-13-5-4-8(18-13)9(12(16)17-3)10(13)11(14)15/h4-5,7-10H,6H2,1-3H3/t8-,9-,10-,13+/m0/s1. The molecule has 0 N–H and O–H groups in total. The highest BCUT2D eigenvalue weighted by atomic mass is 16.5. The topological polar surface area (TPSA) is 55.8 Å². The van der Waals surface area contributed by atoms with Gasteiger partial charge in [-0.2, -0.15) is 0 Å². The average molecular weight is 251 g/mol. The molecule has 2 bridgehead atoms. The summed E-state index contributed by atoms with van der Waals surface area (Å²) in [4.78, 5) is 26.1. The third-order valence-corrected chi connectivity index (χ3v) is 4.23. The van der Waals surface area contributed by atoms with Gasteiger partial charge in [0.15, 0.2) is 0 Å². The predicted octanol–water partition coefficient (Wildman–Crippen LogP) is 0.350. The van der Waals surface area contributed by atoms with E-state index < -0.39 is 17.4 Å². The fourth-order valence-electron chi connectivity index (χ4n) is 3.37. The molecule has 3 heterocycles. The van der Waals surface area contributed by atoms with Crippen LogP contribution in [-0.4, -0.2) is 48.2 Å². The van der Waals surface area contributed by atoms with Crippen molar-refractivity contribution < 1.29 is 19.1 Å². The molecule has 3 rings (SSSR count). The van der Waals surface area contributed by atoms with Crippen LogP contribution in [-0.2, 0) is 19.1 Å². The van der Waals surface area contributed by atoms with Gasteiger partial charge in [-0.1, -0.05) is 12.2 Å². The number of hydrogen-bond donors (Lipinski definition) is 0. The second-order valence-electron chi connectivity index (χ2n) is 5.48. The van der Waals surface area contributed by atoms with Gasteiger partial charge < -0.3 is 14.4 Å². The second-order valence-corrected chi connectivity index (χ2v) is 5.48. The summed E-state index contributed by atoms with van der Waals surface area (Å²) in [5, 5.41) is 0. The maximum absolute atomic E-state index is 12.4. The molecule has 4 atom stereocenters. The number of likely N-dealkylation sites (tertiary alicyclic amines) is 1. The fourth-order valence-corrected chi connectivity index (χ4v) is 3.37. The molecule has 1 spiro atoms. The fraction of sp³-hybridized carbons (Fsp3) is 0.692. The summed E-state index contributed by atoms with van der Waals surface area (Å²) in [5.41, 5.74) is -0.606. The van der Waals surface area contributed by atoms with Crippen LogP contribution in [0.5, 0.6) is 0 Å². The molecule has 18 heavy (non-hydrogen) atoms. The maximum atomic E-state index is 12.4. The van der Waals surface area contributed by atoms with Gasteiger partial charge in [0, 0.05) is 6.04 Å². The van der Waals surface area contributed by atoms with Crippen molar-refractivity contribution in [3.63, 3.8) is 0 Å². The van der Waals surface area contributed by atoms with Gasteiger partial charge in [0.1, 0.15) is 11.5 Å². The largest absolute Gasteiger partial charge is 0.469 e. The highest BCUT2D eigenvalue weighted by molar-refractivity contribution is 5.91. The van der Waals surface area contributed by atoms with Crippen LogP contribution in [0.25, 0.3) is 0 Å². The Bertz CT molecular complexity index is 444. The van der Waals surface area contributed by atoms with E-state index in [1.165, 1.54) is 7.11 Å². The molecule has 0 unspecified atom stereocenters. The molecule has 5 nitrogen and oxygen atoms in total. The third-order valence-electron chi connectivity index (χ3n) is 4.23. The van der Waals surface area contributed by atoms with E-state index in [0.717, 1.165) is 0 Å². The molecule has 0 aromatic rings. The minimum Gasteiger partial charge on any atom is -0.469 e. The van der Waals surface area contributed by atoms with E-state index in [4.69, 9.17) is 9.47 Å². The first-order chi connectivity index (χ1) is 8.50. The molecule has 2 saturated heterocycles. The smallest absolute Gasteiger partial charge is 0.312 e. The molecule has 5 heteroatoms. The molecule has 0 aromatic heterocycles. The first-order valence-electron chi connectivity index (χ1n) is 6.25. The summed E-state index contributed by atoms with van der Waals surface area (Å²) in [7, 11) is 1.35. The maximum Gasteiger partial charge on any atom is 0.312 e. The van der Waals surface area contributed by atoms with E-state index in [0.29, 0.717) is 6.54 Å². The number of methoxy groups -OCH3 is 1. The van der Waals surface area contributed by atoms with Crippen LogP contribution in [0.1, 0.15) is 13.8 Å². The summed E-state index contributed by atoms with van der Waals surface area (Å²) < 4.78 is 10.7. The Balaban J connectivity index is 1.98. The van der Waals surface area contributed by atoms with Crippen LogP contribution < -0.4 is 0 Å². The number of rotatable bonds is 2. The van der Waals surface area contributed by atoms with Crippen molar-refractivity contribution in [1.82, 2.24) is 4.90 Å². The average Bonchev–Trinajstić information content (AvgIpc) is 2.96. The van der Waals surface area contributed by atoms with E-state index in [9.17, 15) is 9.59 Å². The summed E-state index contributed by atoms with van der Waals surface area (Å²) in [6, 6.07) is 0.117. The van der Waals surface area contributed by atoms with Gasteiger partial charge in [-0.15, -0.1) is 0 Å². The Labute approximate surface area is 106 Å².